The molecular weight excluding hydrogens is 274 g/mol. The fourth-order valence-corrected chi connectivity index (χ4v) is 2.62. The molecule has 0 fully saturated rings. The zero-order chi connectivity index (χ0) is 15.5. The van der Waals surface area contributed by atoms with Crippen LogP contribution in [-0.2, 0) is 0 Å². The first-order valence-corrected chi connectivity index (χ1v) is 7.25. The maximum Gasteiger partial charge on any atom is 0.179 e. The highest BCUT2D eigenvalue weighted by atomic mass is 16.1. The van der Waals surface area contributed by atoms with E-state index in [9.17, 15) is 4.79 Å². The molecule has 3 aromatic rings. The van der Waals surface area contributed by atoms with Crippen LogP contribution in [0, 0.1) is 0 Å². The molecule has 4 nitrogen and oxygen atoms in total. The molecule has 2 aromatic heterocycles. The van der Waals surface area contributed by atoms with Crippen LogP contribution in [0.2, 0.25) is 0 Å². The van der Waals surface area contributed by atoms with Crippen molar-refractivity contribution in [2.45, 2.75) is 0 Å². The molecule has 112 valence electrons. The number of hydrogen-bond acceptors (Lipinski definition) is 2. The fourth-order valence-electron chi connectivity index (χ4n) is 2.62. The molecule has 0 saturated heterocycles. The van der Waals surface area contributed by atoms with E-state index in [2.05, 4.69) is 9.97 Å². The number of rotatable bonds is 5. The first-order valence-electron chi connectivity index (χ1n) is 7.25. The second-order valence-corrected chi connectivity index (χ2v) is 5.56. The van der Waals surface area contributed by atoms with Crippen molar-refractivity contribution in [3.8, 4) is 22.5 Å². The van der Waals surface area contributed by atoms with Gasteiger partial charge in [0, 0.05) is 18.0 Å². The van der Waals surface area contributed by atoms with Crippen LogP contribution in [0.15, 0.2) is 54.9 Å². The Morgan fingerprint density at radius 3 is 2.45 bits per heavy atom. The molecule has 0 saturated carbocycles. The zero-order valence-corrected chi connectivity index (χ0v) is 12.8. The minimum absolute atomic E-state index is 0.106. The second kappa shape index (κ2) is 6.03. The highest BCUT2D eigenvalue weighted by Gasteiger charge is 2.21. The van der Waals surface area contributed by atoms with Gasteiger partial charge in [0.05, 0.1) is 23.5 Å². The van der Waals surface area contributed by atoms with Gasteiger partial charge < -0.3 is 14.9 Å². The third kappa shape index (κ3) is 2.73. The SMILES string of the molecule is CN(C)CC(=O)c1c(-c2ccccc2)c[nH]c1-c1ccc[nH]1. The number of H-pyrrole nitrogens is 2. The predicted octanol–water partition coefficient (Wildman–Crippen LogP) is 3.42. The largest absolute Gasteiger partial charge is 0.360 e. The van der Waals surface area contributed by atoms with Crippen LogP contribution in [0.1, 0.15) is 10.4 Å². The number of hydrogen-bond donors (Lipinski definition) is 2. The van der Waals surface area contributed by atoms with Gasteiger partial charge in [-0.15, -0.1) is 0 Å². The van der Waals surface area contributed by atoms with Gasteiger partial charge in [-0.1, -0.05) is 30.3 Å². The third-order valence-corrected chi connectivity index (χ3v) is 3.57. The molecule has 0 aliphatic rings. The quantitative estimate of drug-likeness (QED) is 0.708. The van der Waals surface area contributed by atoms with Gasteiger partial charge in [-0.2, -0.15) is 0 Å². The number of benzene rings is 1. The summed E-state index contributed by atoms with van der Waals surface area (Å²) in [4.78, 5) is 21.1. The van der Waals surface area contributed by atoms with Gasteiger partial charge in [0.2, 0.25) is 0 Å². The number of carbonyl (C=O) groups excluding carboxylic acids is 1. The smallest absolute Gasteiger partial charge is 0.179 e. The number of carbonyl (C=O) groups is 1. The Hall–Kier alpha value is -2.59. The highest BCUT2D eigenvalue weighted by molar-refractivity contribution is 6.08. The van der Waals surface area contributed by atoms with Gasteiger partial charge in [-0.25, -0.2) is 0 Å². The molecule has 0 aliphatic carbocycles. The normalized spacial score (nSPS) is 11.0. The number of aromatic amines is 2. The van der Waals surface area contributed by atoms with E-state index in [1.165, 1.54) is 0 Å². The topological polar surface area (TPSA) is 51.9 Å². The lowest BCUT2D eigenvalue weighted by molar-refractivity contribution is 0.0959. The van der Waals surface area contributed by atoms with Crippen LogP contribution in [0.25, 0.3) is 22.5 Å². The Bertz CT molecular complexity index is 755. The van der Waals surface area contributed by atoms with Crippen molar-refractivity contribution in [2.24, 2.45) is 0 Å². The van der Waals surface area contributed by atoms with Crippen molar-refractivity contribution < 1.29 is 4.79 Å². The molecule has 4 heteroatoms. The minimum atomic E-state index is 0.106. The molecule has 1 aromatic carbocycles. The first kappa shape index (κ1) is 14.4. The van der Waals surface area contributed by atoms with Gasteiger partial charge in [0.1, 0.15) is 0 Å². The minimum Gasteiger partial charge on any atom is -0.360 e. The average Bonchev–Trinajstić information content (AvgIpc) is 3.16. The average molecular weight is 293 g/mol. The van der Waals surface area contributed by atoms with Gasteiger partial charge in [0.15, 0.2) is 5.78 Å². The molecule has 0 aliphatic heterocycles. The van der Waals surface area contributed by atoms with E-state index in [0.29, 0.717) is 6.54 Å². The molecule has 2 heterocycles. The number of aromatic nitrogens is 2. The summed E-state index contributed by atoms with van der Waals surface area (Å²) in [7, 11) is 3.81. The van der Waals surface area contributed by atoms with Crippen LogP contribution >= 0.6 is 0 Å². The summed E-state index contributed by atoms with van der Waals surface area (Å²) in [6.45, 7) is 0.380. The summed E-state index contributed by atoms with van der Waals surface area (Å²) in [6.07, 6.45) is 3.77. The van der Waals surface area contributed by atoms with Crippen molar-refractivity contribution in [3.05, 3.63) is 60.4 Å². The van der Waals surface area contributed by atoms with E-state index >= 15 is 0 Å². The first-order chi connectivity index (χ1) is 10.7. The summed E-state index contributed by atoms with van der Waals surface area (Å²) in [5, 5.41) is 0. The van der Waals surface area contributed by atoms with Crippen molar-refractivity contribution in [1.82, 2.24) is 14.9 Å². The summed E-state index contributed by atoms with van der Waals surface area (Å²) in [5.74, 6) is 0.106. The number of Topliss-reactive ketones (excluding diaryl/α,β-unsaturated/α-hetero) is 1. The maximum atomic E-state index is 12.8. The number of ketones is 1. The fraction of sp³-hybridized carbons (Fsp3) is 0.167. The molecule has 0 bridgehead atoms. The van der Waals surface area contributed by atoms with E-state index in [4.69, 9.17) is 0 Å². The van der Waals surface area contributed by atoms with Crippen molar-refractivity contribution >= 4 is 5.78 Å². The Balaban J connectivity index is 2.13. The molecule has 0 amide bonds. The predicted molar refractivity (Wildman–Crippen MR) is 88.9 cm³/mol. The van der Waals surface area contributed by atoms with E-state index in [1.807, 2.05) is 73.9 Å². The number of nitrogens with zero attached hydrogens (tertiary/aromatic N) is 1. The van der Waals surface area contributed by atoms with Crippen LogP contribution in [-0.4, -0.2) is 41.3 Å². The molecule has 3 rings (SSSR count). The Labute approximate surface area is 129 Å². The maximum absolute atomic E-state index is 12.8. The molecule has 0 unspecified atom stereocenters. The standard InChI is InChI=1S/C18H19N3O/c1-21(2)12-16(22)17-14(13-7-4-3-5-8-13)11-20-18(17)15-9-6-10-19-15/h3-11,19-20H,12H2,1-2H3. The summed E-state index contributed by atoms with van der Waals surface area (Å²) >= 11 is 0. The lowest BCUT2D eigenvalue weighted by atomic mass is 9.98. The van der Waals surface area contributed by atoms with Crippen molar-refractivity contribution in [3.63, 3.8) is 0 Å². The molecule has 22 heavy (non-hydrogen) atoms. The summed E-state index contributed by atoms with van der Waals surface area (Å²) in [5.41, 5.74) is 4.48. The van der Waals surface area contributed by atoms with Gasteiger partial charge in [0.25, 0.3) is 0 Å². The number of nitrogens with one attached hydrogen (secondary N) is 2. The van der Waals surface area contributed by atoms with Gasteiger partial charge in [-0.05, 0) is 31.8 Å². The van der Waals surface area contributed by atoms with E-state index in [-0.39, 0.29) is 5.78 Å². The molecular formula is C18H19N3O. The van der Waals surface area contributed by atoms with Crippen molar-refractivity contribution in [2.75, 3.05) is 20.6 Å². The monoisotopic (exact) mass is 293 g/mol. The lowest BCUT2D eigenvalue weighted by Crippen LogP contribution is -2.22. The number of likely N-dealkylation sites (N-methyl/N-ethyl adjacent to an activating group) is 1. The van der Waals surface area contributed by atoms with E-state index in [1.54, 1.807) is 0 Å². The molecule has 2 N–H and O–H groups in total. The van der Waals surface area contributed by atoms with Crippen LogP contribution in [0.5, 0.6) is 0 Å². The van der Waals surface area contributed by atoms with Gasteiger partial charge in [-0.3, -0.25) is 4.79 Å². The summed E-state index contributed by atoms with van der Waals surface area (Å²) < 4.78 is 0. The Morgan fingerprint density at radius 1 is 1.05 bits per heavy atom. The Morgan fingerprint density at radius 2 is 1.82 bits per heavy atom. The van der Waals surface area contributed by atoms with E-state index in [0.717, 1.165) is 28.1 Å². The van der Waals surface area contributed by atoms with Crippen molar-refractivity contribution in [1.29, 1.82) is 0 Å². The molecule has 0 atom stereocenters. The van der Waals surface area contributed by atoms with Gasteiger partial charge >= 0.3 is 0 Å². The van der Waals surface area contributed by atoms with Crippen LogP contribution in [0.4, 0.5) is 0 Å². The van der Waals surface area contributed by atoms with Crippen LogP contribution in [0.3, 0.4) is 0 Å². The summed E-state index contributed by atoms with van der Waals surface area (Å²) in [6, 6.07) is 13.9. The third-order valence-electron chi connectivity index (χ3n) is 3.57. The molecule has 0 radical (unpaired) electrons. The van der Waals surface area contributed by atoms with E-state index < -0.39 is 0 Å². The highest BCUT2D eigenvalue weighted by Crippen LogP contribution is 2.31. The lowest BCUT2D eigenvalue weighted by Gasteiger charge is -2.11. The Kier molecular flexibility index (Phi) is 3.94. The van der Waals surface area contributed by atoms with Crippen LogP contribution < -0.4 is 0 Å². The zero-order valence-electron chi connectivity index (χ0n) is 12.8. The second-order valence-electron chi connectivity index (χ2n) is 5.56. The molecule has 0 spiro atoms.